The van der Waals surface area contributed by atoms with Crippen molar-refractivity contribution in [2.45, 2.75) is 69.7 Å². The number of carbonyl (C=O) groups excluding carboxylic acids is 3. The average Bonchev–Trinajstić information content (AvgIpc) is 3.98. The number of nitrogens with one attached hydrogen (secondary N) is 1. The molecular formula is C46H54N10O4. The Morgan fingerprint density at radius 2 is 1.52 bits per heavy atom. The highest BCUT2D eigenvalue weighted by atomic mass is 16.5. The Morgan fingerprint density at radius 1 is 0.783 bits per heavy atom. The minimum atomic E-state index is -0.585. The number of benzene rings is 3. The number of carbonyl (C=O) groups is 3. The molecule has 0 bridgehead atoms. The third-order valence-electron chi connectivity index (χ3n) is 13.7. The number of hydrazone groups is 1. The summed E-state index contributed by atoms with van der Waals surface area (Å²) in [4.78, 5) is 56.0. The second-order valence-corrected chi connectivity index (χ2v) is 17.6. The van der Waals surface area contributed by atoms with Gasteiger partial charge in [0.25, 0.3) is 5.91 Å². The molecule has 0 radical (unpaired) electrons. The van der Waals surface area contributed by atoms with Crippen molar-refractivity contribution >= 4 is 41.3 Å². The highest BCUT2D eigenvalue weighted by molar-refractivity contribution is 6.20. The molecule has 4 atom stereocenters. The van der Waals surface area contributed by atoms with E-state index >= 15 is 0 Å². The van der Waals surface area contributed by atoms with Gasteiger partial charge in [-0.2, -0.15) is 5.10 Å². The second kappa shape index (κ2) is 16.5. The van der Waals surface area contributed by atoms with Crippen molar-refractivity contribution in [3.63, 3.8) is 0 Å². The molecule has 4 fully saturated rings. The Balaban J connectivity index is 0.683. The minimum Gasteiger partial charge on any atom is -0.457 e. The number of hydrogen-bond donors (Lipinski definition) is 2. The Labute approximate surface area is 351 Å². The predicted molar refractivity (Wildman–Crippen MR) is 230 cm³/mol. The van der Waals surface area contributed by atoms with E-state index in [2.05, 4.69) is 54.3 Å². The summed E-state index contributed by atoms with van der Waals surface area (Å²) in [6.45, 7) is 9.19. The molecule has 0 spiro atoms. The van der Waals surface area contributed by atoms with E-state index < -0.39 is 12.2 Å². The number of amides is 3. The number of piperidine rings is 3. The molecule has 312 valence electrons. The normalized spacial score (nSPS) is 26.6. The maximum absolute atomic E-state index is 13.2. The molecule has 3 amide bonds. The number of rotatable bonds is 10. The SMILES string of the molecule is NC1N=CN=C2C1C(c1ccc(Oc3ccccc3)cc1)=NN2C1CCN(C[C@@H]2CCN(CC3CCN(c4ccc5c(c4)CN(C4CCC(=O)NC4=O)C5=O)CC3)C2)CC1. The molecule has 0 saturated carbocycles. The largest absolute Gasteiger partial charge is 0.457 e. The molecule has 0 aliphatic carbocycles. The summed E-state index contributed by atoms with van der Waals surface area (Å²) >= 11 is 0. The average molecular weight is 811 g/mol. The molecule has 3 unspecified atom stereocenters. The van der Waals surface area contributed by atoms with E-state index in [1.54, 1.807) is 11.2 Å². The fraction of sp³-hybridized carbons (Fsp3) is 0.478. The number of aliphatic imine (C=N–C) groups is 2. The van der Waals surface area contributed by atoms with Crippen LogP contribution in [-0.4, -0.2) is 126 Å². The molecule has 7 aliphatic heterocycles. The zero-order valence-electron chi connectivity index (χ0n) is 34.1. The van der Waals surface area contributed by atoms with Crippen LogP contribution >= 0.6 is 0 Å². The van der Waals surface area contributed by atoms with Crippen molar-refractivity contribution in [1.82, 2.24) is 25.0 Å². The van der Waals surface area contributed by atoms with Crippen LogP contribution in [0.1, 0.15) is 66.4 Å². The van der Waals surface area contributed by atoms with E-state index in [9.17, 15) is 14.4 Å². The van der Waals surface area contributed by atoms with Gasteiger partial charge >= 0.3 is 0 Å². The van der Waals surface area contributed by atoms with E-state index in [1.165, 1.54) is 26.1 Å². The number of hydrogen-bond acceptors (Lipinski definition) is 12. The van der Waals surface area contributed by atoms with Gasteiger partial charge in [0.1, 0.15) is 35.9 Å². The molecule has 14 nitrogen and oxygen atoms in total. The van der Waals surface area contributed by atoms with E-state index in [0.29, 0.717) is 30.4 Å². The fourth-order valence-electron chi connectivity index (χ4n) is 10.5. The molecule has 10 rings (SSSR count). The first-order valence-electron chi connectivity index (χ1n) is 21.9. The molecule has 4 saturated heterocycles. The third kappa shape index (κ3) is 7.83. The lowest BCUT2D eigenvalue weighted by Gasteiger charge is -2.37. The monoisotopic (exact) mass is 810 g/mol. The number of nitrogens with two attached hydrogens (primary N) is 1. The standard InChI is InChI=1S/C46H54N10O4/c47-43-41-42(32-6-9-37(10-7-32)60-36-4-2-1-3-5-36)51-56(44(41)49-29-48-43)34-17-20-52(21-18-34)26-31-14-19-53(27-31)25-30-15-22-54(23-16-30)35-8-11-38-33(24-35)28-55(46(38)59)39-12-13-40(57)50-45(39)58/h1-11,24,29-31,34,39,41,43H,12-23,25-28,47H2,(H,50,57,58)/t31-,39?,41?,43?/m0/s1. The molecule has 3 aromatic carbocycles. The Morgan fingerprint density at radius 3 is 2.30 bits per heavy atom. The van der Waals surface area contributed by atoms with Crippen LogP contribution in [0.25, 0.3) is 0 Å². The number of para-hydroxylation sites is 1. The number of fused-ring (bicyclic) bond motifs is 2. The van der Waals surface area contributed by atoms with Gasteiger partial charge in [-0.05, 0) is 123 Å². The molecular weight excluding hydrogens is 757 g/mol. The van der Waals surface area contributed by atoms with Gasteiger partial charge in [0.15, 0.2) is 0 Å². The Kier molecular flexibility index (Phi) is 10.7. The summed E-state index contributed by atoms with van der Waals surface area (Å²) in [5.74, 6) is 2.95. The van der Waals surface area contributed by atoms with Crippen molar-refractivity contribution in [3.8, 4) is 11.5 Å². The first kappa shape index (κ1) is 38.7. The molecule has 60 heavy (non-hydrogen) atoms. The van der Waals surface area contributed by atoms with Gasteiger partial charge < -0.3 is 30.1 Å². The van der Waals surface area contributed by atoms with Crippen LogP contribution in [0.5, 0.6) is 11.5 Å². The molecule has 14 heteroatoms. The summed E-state index contributed by atoms with van der Waals surface area (Å²) in [7, 11) is 0. The van der Waals surface area contributed by atoms with E-state index in [4.69, 9.17) is 20.6 Å². The lowest BCUT2D eigenvalue weighted by atomic mass is 9.92. The zero-order chi connectivity index (χ0) is 40.7. The van der Waals surface area contributed by atoms with Gasteiger partial charge in [-0.25, -0.2) is 10.0 Å². The smallest absolute Gasteiger partial charge is 0.255 e. The highest BCUT2D eigenvalue weighted by Crippen LogP contribution is 2.35. The van der Waals surface area contributed by atoms with Crippen LogP contribution in [0.4, 0.5) is 5.69 Å². The molecule has 7 aliphatic rings. The predicted octanol–water partition coefficient (Wildman–Crippen LogP) is 4.30. The lowest BCUT2D eigenvalue weighted by Crippen LogP contribution is -2.52. The van der Waals surface area contributed by atoms with Crippen molar-refractivity contribution in [3.05, 3.63) is 89.5 Å². The van der Waals surface area contributed by atoms with Crippen LogP contribution < -0.4 is 20.7 Å². The number of imide groups is 1. The number of amidine groups is 1. The zero-order valence-corrected chi connectivity index (χ0v) is 34.1. The number of anilines is 1. The summed E-state index contributed by atoms with van der Waals surface area (Å²) in [6, 6.07) is 23.7. The van der Waals surface area contributed by atoms with Crippen molar-refractivity contribution in [2.75, 3.05) is 57.3 Å². The number of likely N-dealkylation sites (tertiary alicyclic amines) is 2. The van der Waals surface area contributed by atoms with Crippen LogP contribution in [0.2, 0.25) is 0 Å². The fourth-order valence-corrected chi connectivity index (χ4v) is 10.5. The molecule has 0 aromatic heterocycles. The van der Waals surface area contributed by atoms with E-state index in [-0.39, 0.29) is 36.1 Å². The first-order chi connectivity index (χ1) is 29.3. The van der Waals surface area contributed by atoms with Crippen molar-refractivity contribution in [2.24, 2.45) is 38.6 Å². The number of ether oxygens (including phenoxy) is 1. The van der Waals surface area contributed by atoms with Gasteiger partial charge in [0.2, 0.25) is 11.8 Å². The number of nitrogens with zero attached hydrogens (tertiary/aromatic N) is 8. The summed E-state index contributed by atoms with van der Waals surface area (Å²) in [6.07, 6.45) is 7.47. The maximum atomic E-state index is 13.2. The van der Waals surface area contributed by atoms with Crippen LogP contribution in [0, 0.1) is 17.8 Å². The quantitative estimate of drug-likeness (QED) is 0.286. The van der Waals surface area contributed by atoms with Gasteiger partial charge in [0.05, 0.1) is 17.7 Å². The topological polar surface area (TPSA) is 152 Å². The van der Waals surface area contributed by atoms with Gasteiger partial charge in [-0.3, -0.25) is 24.7 Å². The van der Waals surface area contributed by atoms with E-state index in [1.807, 2.05) is 48.5 Å². The van der Waals surface area contributed by atoms with E-state index in [0.717, 1.165) is 98.3 Å². The van der Waals surface area contributed by atoms with Gasteiger partial charge in [-0.1, -0.05) is 18.2 Å². The summed E-state index contributed by atoms with van der Waals surface area (Å²) < 4.78 is 6.03. The van der Waals surface area contributed by atoms with Crippen LogP contribution in [0.3, 0.4) is 0 Å². The third-order valence-corrected chi connectivity index (χ3v) is 13.7. The summed E-state index contributed by atoms with van der Waals surface area (Å²) in [5.41, 5.74) is 11.3. The lowest BCUT2D eigenvalue weighted by molar-refractivity contribution is -0.136. The Bertz CT molecular complexity index is 2200. The van der Waals surface area contributed by atoms with Crippen molar-refractivity contribution < 1.29 is 19.1 Å². The maximum Gasteiger partial charge on any atom is 0.255 e. The van der Waals surface area contributed by atoms with Crippen LogP contribution in [-0.2, 0) is 16.1 Å². The molecule has 3 N–H and O–H groups in total. The van der Waals surface area contributed by atoms with Crippen molar-refractivity contribution in [1.29, 1.82) is 0 Å². The van der Waals surface area contributed by atoms with Crippen LogP contribution in [0.15, 0.2) is 87.9 Å². The minimum absolute atomic E-state index is 0.118. The highest BCUT2D eigenvalue weighted by Gasteiger charge is 2.44. The summed E-state index contributed by atoms with van der Waals surface area (Å²) in [5, 5.41) is 9.75. The van der Waals surface area contributed by atoms with Gasteiger partial charge in [0, 0.05) is 70.0 Å². The Hall–Kier alpha value is -5.44. The molecule has 3 aromatic rings. The first-order valence-corrected chi connectivity index (χ1v) is 21.9. The second-order valence-electron chi connectivity index (χ2n) is 17.6. The molecule has 7 heterocycles. The van der Waals surface area contributed by atoms with Gasteiger partial charge in [-0.15, -0.1) is 0 Å².